The van der Waals surface area contributed by atoms with Gasteiger partial charge in [-0.3, -0.25) is 4.79 Å². The molecule has 192 valence electrons. The lowest BCUT2D eigenvalue weighted by molar-refractivity contribution is -0.147. The molecular weight excluding hydrogens is 462 g/mol. The molecular formula is C29H46ClNO2S. The molecule has 3 nitrogen and oxygen atoms in total. The molecule has 2 aromatic carbocycles. The number of halogens is 1. The Bertz CT molecular complexity index is 857. The van der Waals surface area contributed by atoms with E-state index in [1.54, 1.807) is 13.8 Å². The molecule has 0 unspecified atom stereocenters. The van der Waals surface area contributed by atoms with Crippen molar-refractivity contribution in [1.29, 1.82) is 0 Å². The quantitative estimate of drug-likeness (QED) is 0.405. The van der Waals surface area contributed by atoms with Crippen LogP contribution in [-0.4, -0.2) is 28.6 Å². The van der Waals surface area contributed by atoms with Gasteiger partial charge in [-0.15, -0.1) is 0 Å². The summed E-state index contributed by atoms with van der Waals surface area (Å²) in [5, 5.41) is 10.1. The summed E-state index contributed by atoms with van der Waals surface area (Å²) in [5.74, 6) is -0.764. The molecule has 2 rings (SSSR count). The smallest absolute Gasteiger partial charge is 0.309 e. The molecule has 0 atom stereocenters. The Balaban J connectivity index is 0.00000103. The van der Waals surface area contributed by atoms with Crippen LogP contribution in [0.3, 0.4) is 0 Å². The van der Waals surface area contributed by atoms with Crippen LogP contribution in [0.4, 0.5) is 5.69 Å². The number of anilines is 1. The van der Waals surface area contributed by atoms with Gasteiger partial charge in [0.2, 0.25) is 0 Å². The summed E-state index contributed by atoms with van der Waals surface area (Å²) in [7, 11) is 0. The lowest BCUT2D eigenvalue weighted by Gasteiger charge is -2.30. The molecule has 0 aliphatic rings. The van der Waals surface area contributed by atoms with Crippen LogP contribution in [0.15, 0.2) is 42.5 Å². The monoisotopic (exact) mass is 507 g/mol. The van der Waals surface area contributed by atoms with E-state index in [1.807, 2.05) is 36.0 Å². The Morgan fingerprint density at radius 3 is 1.91 bits per heavy atom. The molecule has 0 aromatic heterocycles. The Labute approximate surface area is 218 Å². The fourth-order valence-corrected chi connectivity index (χ4v) is 2.90. The van der Waals surface area contributed by atoms with Crippen LogP contribution in [0.1, 0.15) is 78.0 Å². The van der Waals surface area contributed by atoms with Gasteiger partial charge in [-0.25, -0.2) is 0 Å². The van der Waals surface area contributed by atoms with Crippen LogP contribution in [0.5, 0.6) is 0 Å². The summed E-state index contributed by atoms with van der Waals surface area (Å²) >= 11 is 7.87. The predicted molar refractivity (Wildman–Crippen MR) is 154 cm³/mol. The largest absolute Gasteiger partial charge is 0.481 e. The van der Waals surface area contributed by atoms with E-state index >= 15 is 0 Å². The molecule has 34 heavy (non-hydrogen) atoms. The maximum atomic E-state index is 11.4. The highest BCUT2D eigenvalue weighted by Gasteiger charge is 2.27. The first-order valence-electron chi connectivity index (χ1n) is 12.0. The maximum Gasteiger partial charge on any atom is 0.309 e. The van der Waals surface area contributed by atoms with Crippen LogP contribution in [0, 0.1) is 19.3 Å². The van der Waals surface area contributed by atoms with Gasteiger partial charge >= 0.3 is 5.97 Å². The van der Waals surface area contributed by atoms with Gasteiger partial charge in [0.25, 0.3) is 0 Å². The third kappa shape index (κ3) is 13.3. The SMILES string of the molecule is CCC.CSC(C)(C)C.Cc1ccc(N(CCC(C)(C)C(=O)O)Cc2ccc(Cl)cc2)c(C)c1. The molecule has 0 amide bonds. The second kappa shape index (κ2) is 15.4. The minimum atomic E-state index is -0.764. The van der Waals surface area contributed by atoms with E-state index < -0.39 is 11.4 Å². The standard InChI is InChI=1S/C21H26ClNO2.C5H12S.C3H8/c1-15-5-10-19(16(2)13-15)23(12-11-21(3,4)20(24)25)14-17-6-8-18(22)9-7-17;1-5(2,3)6-4;1-3-2/h5-10,13H,11-12,14H2,1-4H3,(H,24,25);1-4H3;3H2,1-2H3. The Hall–Kier alpha value is -1.65. The zero-order valence-corrected chi connectivity index (χ0v) is 24.5. The van der Waals surface area contributed by atoms with Crippen molar-refractivity contribution in [1.82, 2.24) is 0 Å². The van der Waals surface area contributed by atoms with Gasteiger partial charge in [0.15, 0.2) is 0 Å². The molecule has 0 aliphatic heterocycles. The number of aliphatic carboxylic acids is 1. The first kappa shape index (κ1) is 32.4. The maximum absolute atomic E-state index is 11.4. The minimum Gasteiger partial charge on any atom is -0.481 e. The van der Waals surface area contributed by atoms with E-state index in [0.29, 0.717) is 22.7 Å². The highest BCUT2D eigenvalue weighted by molar-refractivity contribution is 7.99. The normalized spacial score (nSPS) is 11.0. The third-order valence-corrected chi connectivity index (χ3v) is 6.65. The molecule has 0 spiro atoms. The van der Waals surface area contributed by atoms with Crippen molar-refractivity contribution in [3.05, 3.63) is 64.2 Å². The number of benzene rings is 2. The van der Waals surface area contributed by atoms with Gasteiger partial charge in [-0.05, 0) is 69.7 Å². The van der Waals surface area contributed by atoms with Crippen molar-refractivity contribution in [3.8, 4) is 0 Å². The summed E-state index contributed by atoms with van der Waals surface area (Å²) in [4.78, 5) is 13.7. The number of carboxylic acid groups (broad SMARTS) is 1. The Morgan fingerprint density at radius 1 is 1.00 bits per heavy atom. The molecule has 5 heteroatoms. The fraction of sp³-hybridized carbons (Fsp3) is 0.552. The summed E-state index contributed by atoms with van der Waals surface area (Å²) in [6.07, 6.45) is 3.95. The Morgan fingerprint density at radius 2 is 1.50 bits per heavy atom. The average Bonchev–Trinajstić information content (AvgIpc) is 2.73. The molecule has 2 aromatic rings. The van der Waals surface area contributed by atoms with Gasteiger partial charge in [-0.1, -0.05) is 82.5 Å². The molecule has 0 aliphatic carbocycles. The number of thioether (sulfide) groups is 1. The number of rotatable bonds is 7. The van der Waals surface area contributed by atoms with Crippen molar-refractivity contribution >= 4 is 35.0 Å². The van der Waals surface area contributed by atoms with E-state index in [9.17, 15) is 9.90 Å². The molecule has 0 heterocycles. The molecule has 0 saturated carbocycles. The van der Waals surface area contributed by atoms with Gasteiger partial charge in [0.1, 0.15) is 0 Å². The fourth-order valence-electron chi connectivity index (χ4n) is 2.78. The third-order valence-electron chi connectivity index (χ3n) is 5.18. The second-order valence-electron chi connectivity index (χ2n) is 10.3. The molecule has 1 N–H and O–H groups in total. The van der Waals surface area contributed by atoms with Gasteiger partial charge in [0, 0.05) is 28.5 Å². The molecule has 0 fully saturated rings. The van der Waals surface area contributed by atoms with Gasteiger partial charge < -0.3 is 10.0 Å². The zero-order valence-electron chi connectivity index (χ0n) is 23.0. The highest BCUT2D eigenvalue weighted by atomic mass is 35.5. The van der Waals surface area contributed by atoms with Crippen molar-refractivity contribution in [2.75, 3.05) is 17.7 Å². The summed E-state index contributed by atoms with van der Waals surface area (Å²) in [6, 6.07) is 14.2. The van der Waals surface area contributed by atoms with Crippen molar-refractivity contribution in [2.45, 2.75) is 86.4 Å². The molecule has 0 bridgehead atoms. The first-order chi connectivity index (χ1) is 15.7. The highest BCUT2D eigenvalue weighted by Crippen LogP contribution is 2.27. The van der Waals surface area contributed by atoms with Crippen LogP contribution >= 0.6 is 23.4 Å². The van der Waals surface area contributed by atoms with E-state index in [-0.39, 0.29) is 0 Å². The van der Waals surface area contributed by atoms with Crippen LogP contribution in [-0.2, 0) is 11.3 Å². The number of aryl methyl sites for hydroxylation is 2. The van der Waals surface area contributed by atoms with E-state index in [0.717, 1.165) is 17.8 Å². The van der Waals surface area contributed by atoms with Crippen LogP contribution < -0.4 is 4.90 Å². The number of carboxylic acids is 1. The van der Waals surface area contributed by atoms with Gasteiger partial charge in [-0.2, -0.15) is 11.8 Å². The van der Waals surface area contributed by atoms with Crippen molar-refractivity contribution < 1.29 is 9.90 Å². The zero-order chi connectivity index (χ0) is 26.5. The van der Waals surface area contributed by atoms with Crippen molar-refractivity contribution in [2.24, 2.45) is 5.41 Å². The van der Waals surface area contributed by atoms with E-state index in [4.69, 9.17) is 11.6 Å². The average molecular weight is 508 g/mol. The number of carbonyl (C=O) groups is 1. The van der Waals surface area contributed by atoms with E-state index in [1.165, 1.54) is 17.5 Å². The van der Waals surface area contributed by atoms with E-state index in [2.05, 4.69) is 77.8 Å². The van der Waals surface area contributed by atoms with Crippen LogP contribution in [0.25, 0.3) is 0 Å². The molecule has 0 radical (unpaired) electrons. The van der Waals surface area contributed by atoms with Crippen molar-refractivity contribution in [3.63, 3.8) is 0 Å². The lowest BCUT2D eigenvalue weighted by atomic mass is 9.89. The lowest BCUT2D eigenvalue weighted by Crippen LogP contribution is -2.32. The number of hydrogen-bond acceptors (Lipinski definition) is 3. The summed E-state index contributed by atoms with van der Waals surface area (Å²) < 4.78 is 0.458. The first-order valence-corrected chi connectivity index (χ1v) is 13.6. The minimum absolute atomic E-state index is 0.458. The Kier molecular flexibility index (Phi) is 14.6. The second-order valence-corrected chi connectivity index (χ2v) is 12.4. The number of hydrogen-bond donors (Lipinski definition) is 1. The predicted octanol–water partition coefficient (Wildman–Crippen LogP) is 9.03. The summed E-state index contributed by atoms with van der Waals surface area (Å²) in [6.45, 7) is 20.0. The molecule has 0 saturated heterocycles. The van der Waals surface area contributed by atoms with Crippen LogP contribution in [0.2, 0.25) is 5.02 Å². The topological polar surface area (TPSA) is 40.5 Å². The van der Waals surface area contributed by atoms with Gasteiger partial charge in [0.05, 0.1) is 5.41 Å². The number of nitrogens with zero attached hydrogens (tertiary/aromatic N) is 1. The summed E-state index contributed by atoms with van der Waals surface area (Å²) in [5.41, 5.74) is 3.96.